The molecule has 0 spiro atoms. The van der Waals surface area contributed by atoms with E-state index in [1.807, 2.05) is 0 Å². The van der Waals surface area contributed by atoms with Crippen molar-refractivity contribution in [3.8, 4) is 0 Å². The molecule has 1 heteroatoms. The second kappa shape index (κ2) is 5.49. The lowest BCUT2D eigenvalue weighted by Gasteiger charge is -2.32. The zero-order valence-corrected chi connectivity index (χ0v) is 10.1. The molecule has 3 atom stereocenters. The van der Waals surface area contributed by atoms with Gasteiger partial charge in [-0.1, -0.05) is 43.7 Å². The zero-order valence-electron chi connectivity index (χ0n) is 10.1. The number of benzene rings is 1. The van der Waals surface area contributed by atoms with Crippen molar-refractivity contribution in [3.05, 3.63) is 35.9 Å². The minimum atomic E-state index is -0.0588. The van der Waals surface area contributed by atoms with Crippen LogP contribution in [0.15, 0.2) is 30.3 Å². The lowest BCUT2D eigenvalue weighted by Crippen LogP contribution is -2.24. The van der Waals surface area contributed by atoms with Crippen molar-refractivity contribution in [2.24, 2.45) is 5.92 Å². The molecule has 1 fully saturated rings. The Labute approximate surface area is 98.5 Å². The third-order valence-corrected chi connectivity index (χ3v) is 3.92. The van der Waals surface area contributed by atoms with Crippen molar-refractivity contribution < 1.29 is 5.11 Å². The van der Waals surface area contributed by atoms with E-state index in [4.69, 9.17) is 0 Å². The summed E-state index contributed by atoms with van der Waals surface area (Å²) in [5, 5.41) is 9.77. The lowest BCUT2D eigenvalue weighted by atomic mass is 9.75. The fourth-order valence-electron chi connectivity index (χ4n) is 3.11. The van der Waals surface area contributed by atoms with Crippen LogP contribution in [0.1, 0.15) is 50.5 Å². The normalized spacial score (nSPS) is 27.6. The van der Waals surface area contributed by atoms with E-state index in [-0.39, 0.29) is 6.10 Å². The van der Waals surface area contributed by atoms with Crippen molar-refractivity contribution in [2.45, 2.75) is 51.0 Å². The molecule has 88 valence electrons. The minimum Gasteiger partial charge on any atom is -0.393 e. The van der Waals surface area contributed by atoms with Gasteiger partial charge in [0.15, 0.2) is 0 Å². The van der Waals surface area contributed by atoms with E-state index in [0.717, 1.165) is 12.8 Å². The largest absolute Gasteiger partial charge is 0.393 e. The molecule has 1 saturated carbocycles. The van der Waals surface area contributed by atoms with Gasteiger partial charge >= 0.3 is 0 Å². The molecule has 2 rings (SSSR count). The smallest absolute Gasteiger partial charge is 0.0543 e. The van der Waals surface area contributed by atoms with E-state index in [9.17, 15) is 5.11 Å². The number of hydrogen-bond acceptors (Lipinski definition) is 1. The summed E-state index contributed by atoms with van der Waals surface area (Å²) in [6, 6.07) is 10.8. The molecule has 3 unspecified atom stereocenters. The highest BCUT2D eigenvalue weighted by Crippen LogP contribution is 2.37. The first-order valence-corrected chi connectivity index (χ1v) is 6.54. The number of aliphatic hydroxyl groups is 1. The van der Waals surface area contributed by atoms with Crippen LogP contribution in [0.2, 0.25) is 0 Å². The standard InChI is InChI=1S/C15H22O/c1-2-15(12-7-4-3-5-8-12)13-9-6-10-14(16)11-13/h3-5,7-8,13-16H,2,6,9-11H2,1H3. The van der Waals surface area contributed by atoms with Crippen LogP contribution in [0.4, 0.5) is 0 Å². The van der Waals surface area contributed by atoms with Gasteiger partial charge in [0.25, 0.3) is 0 Å². The van der Waals surface area contributed by atoms with E-state index in [0.29, 0.717) is 11.8 Å². The van der Waals surface area contributed by atoms with Gasteiger partial charge in [-0.2, -0.15) is 0 Å². The Balaban J connectivity index is 2.10. The van der Waals surface area contributed by atoms with Crippen LogP contribution >= 0.6 is 0 Å². The number of hydrogen-bond donors (Lipinski definition) is 1. The van der Waals surface area contributed by atoms with Gasteiger partial charge in [-0.05, 0) is 43.1 Å². The summed E-state index contributed by atoms with van der Waals surface area (Å²) >= 11 is 0. The van der Waals surface area contributed by atoms with Crippen LogP contribution in [0.25, 0.3) is 0 Å². The fraction of sp³-hybridized carbons (Fsp3) is 0.600. The molecule has 0 heterocycles. The van der Waals surface area contributed by atoms with Crippen molar-refractivity contribution in [2.75, 3.05) is 0 Å². The Bertz CT molecular complexity index is 306. The molecule has 0 amide bonds. The fourth-order valence-corrected chi connectivity index (χ4v) is 3.11. The monoisotopic (exact) mass is 218 g/mol. The van der Waals surface area contributed by atoms with Crippen LogP contribution in [-0.4, -0.2) is 11.2 Å². The highest BCUT2D eigenvalue weighted by molar-refractivity contribution is 5.20. The molecular weight excluding hydrogens is 196 g/mol. The summed E-state index contributed by atoms with van der Waals surface area (Å²) in [4.78, 5) is 0. The molecular formula is C15H22O. The maximum Gasteiger partial charge on any atom is 0.0543 e. The van der Waals surface area contributed by atoms with Crippen LogP contribution < -0.4 is 0 Å². The Kier molecular flexibility index (Phi) is 4.00. The third-order valence-electron chi connectivity index (χ3n) is 3.92. The maximum atomic E-state index is 9.77. The second-order valence-corrected chi connectivity index (χ2v) is 5.01. The van der Waals surface area contributed by atoms with Gasteiger partial charge in [-0.25, -0.2) is 0 Å². The van der Waals surface area contributed by atoms with Crippen LogP contribution in [0.3, 0.4) is 0 Å². The van der Waals surface area contributed by atoms with Crippen LogP contribution in [-0.2, 0) is 0 Å². The third kappa shape index (κ3) is 2.65. The van der Waals surface area contributed by atoms with Crippen molar-refractivity contribution in [1.82, 2.24) is 0 Å². The van der Waals surface area contributed by atoms with E-state index < -0.39 is 0 Å². The molecule has 0 radical (unpaired) electrons. The summed E-state index contributed by atoms with van der Waals surface area (Å²) in [5.41, 5.74) is 1.45. The Morgan fingerprint density at radius 3 is 2.62 bits per heavy atom. The molecule has 0 saturated heterocycles. The van der Waals surface area contributed by atoms with Crippen LogP contribution in [0.5, 0.6) is 0 Å². The molecule has 1 nitrogen and oxygen atoms in total. The maximum absolute atomic E-state index is 9.77. The molecule has 0 aromatic heterocycles. The number of aliphatic hydroxyl groups excluding tert-OH is 1. The molecule has 16 heavy (non-hydrogen) atoms. The highest BCUT2D eigenvalue weighted by atomic mass is 16.3. The van der Waals surface area contributed by atoms with Crippen molar-refractivity contribution in [1.29, 1.82) is 0 Å². The Hall–Kier alpha value is -0.820. The molecule has 1 aliphatic rings. The quantitative estimate of drug-likeness (QED) is 0.819. The predicted octanol–water partition coefficient (Wildman–Crippen LogP) is 3.73. The van der Waals surface area contributed by atoms with Crippen LogP contribution in [0, 0.1) is 5.92 Å². The molecule has 0 bridgehead atoms. The SMILES string of the molecule is CCC(c1ccccc1)C1CCCC(O)C1. The first-order chi connectivity index (χ1) is 7.81. The zero-order chi connectivity index (χ0) is 11.4. The Morgan fingerprint density at radius 2 is 2.00 bits per heavy atom. The van der Waals surface area contributed by atoms with E-state index in [1.54, 1.807) is 0 Å². The summed E-state index contributed by atoms with van der Waals surface area (Å²) in [5.74, 6) is 1.31. The molecule has 1 aromatic carbocycles. The lowest BCUT2D eigenvalue weighted by molar-refractivity contribution is 0.0911. The van der Waals surface area contributed by atoms with Gasteiger partial charge in [-0.3, -0.25) is 0 Å². The van der Waals surface area contributed by atoms with E-state index >= 15 is 0 Å². The van der Waals surface area contributed by atoms with Gasteiger partial charge in [0.2, 0.25) is 0 Å². The van der Waals surface area contributed by atoms with Gasteiger partial charge in [-0.15, -0.1) is 0 Å². The molecule has 1 N–H and O–H groups in total. The predicted molar refractivity (Wildman–Crippen MR) is 67.4 cm³/mol. The van der Waals surface area contributed by atoms with Crippen molar-refractivity contribution in [3.63, 3.8) is 0 Å². The molecule has 0 aliphatic heterocycles. The van der Waals surface area contributed by atoms with Gasteiger partial charge < -0.3 is 5.11 Å². The number of rotatable bonds is 3. The van der Waals surface area contributed by atoms with Gasteiger partial charge in [0, 0.05) is 0 Å². The highest BCUT2D eigenvalue weighted by Gasteiger charge is 2.27. The second-order valence-electron chi connectivity index (χ2n) is 5.01. The van der Waals surface area contributed by atoms with E-state index in [2.05, 4.69) is 37.3 Å². The minimum absolute atomic E-state index is 0.0588. The first-order valence-electron chi connectivity index (χ1n) is 6.54. The average molecular weight is 218 g/mol. The van der Waals surface area contributed by atoms with Crippen molar-refractivity contribution >= 4 is 0 Å². The summed E-state index contributed by atoms with van der Waals surface area (Å²) in [6.07, 6.45) is 5.59. The van der Waals surface area contributed by atoms with Gasteiger partial charge in [0.05, 0.1) is 6.10 Å². The summed E-state index contributed by atoms with van der Waals surface area (Å²) in [6.45, 7) is 2.26. The summed E-state index contributed by atoms with van der Waals surface area (Å²) in [7, 11) is 0. The van der Waals surface area contributed by atoms with Gasteiger partial charge in [0.1, 0.15) is 0 Å². The Morgan fingerprint density at radius 1 is 1.25 bits per heavy atom. The van der Waals surface area contributed by atoms with E-state index in [1.165, 1.54) is 24.8 Å². The molecule has 1 aromatic rings. The molecule has 1 aliphatic carbocycles. The average Bonchev–Trinajstić information content (AvgIpc) is 2.31. The topological polar surface area (TPSA) is 20.2 Å². The summed E-state index contributed by atoms with van der Waals surface area (Å²) < 4.78 is 0. The first kappa shape index (κ1) is 11.7.